The van der Waals surface area contributed by atoms with Crippen LogP contribution in [0.5, 0.6) is 5.88 Å². The van der Waals surface area contributed by atoms with Crippen LogP contribution in [0.3, 0.4) is 0 Å². The number of pyridine rings is 1. The number of imidazole rings is 1. The van der Waals surface area contributed by atoms with E-state index in [0.29, 0.717) is 5.56 Å². The number of fused-ring (bicyclic) bond motifs is 1. The smallest absolute Gasteiger partial charge is 0.418 e. The molecule has 3 N–H and O–H groups in total. The number of halogens is 5. The summed E-state index contributed by atoms with van der Waals surface area (Å²) in [6.07, 6.45) is -7.52. The van der Waals surface area contributed by atoms with Crippen molar-refractivity contribution >= 4 is 34.5 Å². The van der Waals surface area contributed by atoms with Gasteiger partial charge in [-0.25, -0.2) is 8.78 Å². The number of anilines is 2. The van der Waals surface area contributed by atoms with Gasteiger partial charge in [-0.15, -0.1) is 0 Å². The molecule has 9 nitrogen and oxygen atoms in total. The number of rotatable bonds is 10. The van der Waals surface area contributed by atoms with Crippen LogP contribution in [0.2, 0.25) is 0 Å². The van der Waals surface area contributed by atoms with E-state index in [1.165, 1.54) is 32.2 Å². The Labute approximate surface area is 195 Å². The number of alkyl halides is 5. The molecule has 0 bridgehead atoms. The fourth-order valence-electron chi connectivity index (χ4n) is 3.05. The van der Waals surface area contributed by atoms with Gasteiger partial charge in [-0.1, -0.05) is 6.07 Å². The minimum atomic E-state index is -4.71. The molecule has 1 aromatic carbocycles. The van der Waals surface area contributed by atoms with Crippen LogP contribution in [-0.2, 0) is 22.3 Å². The summed E-state index contributed by atoms with van der Waals surface area (Å²) in [6.45, 7) is -0.0798. The first kappa shape index (κ1) is 25.8. The van der Waals surface area contributed by atoms with Crippen LogP contribution in [-0.4, -0.2) is 53.4 Å². The predicted octanol–water partition coefficient (Wildman–Crippen LogP) is 3.83. The lowest BCUT2D eigenvalue weighted by Gasteiger charge is -2.15. The molecule has 1 amide bonds. The van der Waals surface area contributed by atoms with Crippen LogP contribution in [0.15, 0.2) is 24.3 Å². The maximum Gasteiger partial charge on any atom is 0.418 e. The summed E-state index contributed by atoms with van der Waals surface area (Å²) in [5.74, 6) is -1.49. The number of carbonyl (C=O) groups excluding carboxylic acids is 2. The third-order valence-electron chi connectivity index (χ3n) is 4.57. The molecule has 0 spiro atoms. The summed E-state index contributed by atoms with van der Waals surface area (Å²) in [5.41, 5.74) is -1.00. The van der Waals surface area contributed by atoms with Gasteiger partial charge >= 0.3 is 6.18 Å². The monoisotopic (exact) mass is 501 g/mol. The first-order valence-electron chi connectivity index (χ1n) is 10.0. The van der Waals surface area contributed by atoms with Crippen molar-refractivity contribution in [3.63, 3.8) is 0 Å². The summed E-state index contributed by atoms with van der Waals surface area (Å²) < 4.78 is 75.3. The Balaban J connectivity index is 1.94. The Bertz CT molecular complexity index is 1230. The van der Waals surface area contributed by atoms with Gasteiger partial charge in [-0.05, 0) is 30.7 Å². The summed E-state index contributed by atoms with van der Waals surface area (Å²) in [6, 6.07) is 4.52. The first-order chi connectivity index (χ1) is 16.5. The van der Waals surface area contributed by atoms with Crippen molar-refractivity contribution in [2.24, 2.45) is 0 Å². The number of carbonyl (C=O) groups is 2. The number of aromatic amines is 1. The molecule has 35 heavy (non-hydrogen) atoms. The van der Waals surface area contributed by atoms with Gasteiger partial charge in [-0.3, -0.25) is 9.59 Å². The highest BCUT2D eigenvalue weighted by molar-refractivity contribution is 5.99. The van der Waals surface area contributed by atoms with Gasteiger partial charge in [0.25, 0.3) is 6.43 Å². The van der Waals surface area contributed by atoms with Gasteiger partial charge < -0.3 is 25.1 Å². The number of Topliss-reactive ketones (excluding diaryl/α,β-unsaturated/α-hetero) is 1. The molecule has 3 rings (SSSR count). The number of benzene rings is 1. The number of hydrogen-bond acceptors (Lipinski definition) is 7. The normalized spacial score (nSPS) is 11.7. The van der Waals surface area contributed by atoms with Crippen molar-refractivity contribution in [1.29, 1.82) is 0 Å². The van der Waals surface area contributed by atoms with E-state index < -0.39 is 36.5 Å². The zero-order valence-corrected chi connectivity index (χ0v) is 18.4. The third-order valence-corrected chi connectivity index (χ3v) is 4.57. The van der Waals surface area contributed by atoms with Gasteiger partial charge in [0.1, 0.15) is 6.61 Å². The van der Waals surface area contributed by atoms with E-state index >= 15 is 0 Å². The van der Waals surface area contributed by atoms with E-state index in [0.717, 1.165) is 6.07 Å². The Hall–Kier alpha value is -3.81. The second-order valence-corrected chi connectivity index (χ2v) is 7.27. The predicted molar refractivity (Wildman–Crippen MR) is 114 cm³/mol. The highest BCUT2D eigenvalue weighted by atomic mass is 19.4. The van der Waals surface area contributed by atoms with Crippen LogP contribution >= 0.6 is 0 Å². The lowest BCUT2D eigenvalue weighted by molar-refractivity contribution is -0.137. The Morgan fingerprint density at radius 3 is 2.54 bits per heavy atom. The molecular weight excluding hydrogens is 481 g/mol. The zero-order chi connectivity index (χ0) is 25.8. The molecule has 0 atom stereocenters. The number of hydrogen-bond donors (Lipinski definition) is 3. The van der Waals surface area contributed by atoms with Gasteiger partial charge in [-0.2, -0.15) is 23.1 Å². The number of ketones is 1. The van der Waals surface area contributed by atoms with Crippen molar-refractivity contribution in [1.82, 2.24) is 20.3 Å². The Morgan fingerprint density at radius 2 is 1.91 bits per heavy atom. The number of aromatic nitrogens is 3. The molecule has 2 aromatic heterocycles. The summed E-state index contributed by atoms with van der Waals surface area (Å²) in [4.78, 5) is 34.1. The molecule has 0 radical (unpaired) electrons. The lowest BCUT2D eigenvalue weighted by Crippen LogP contribution is -2.26. The topological polar surface area (TPSA) is 118 Å². The number of amides is 1. The molecule has 0 aliphatic carbocycles. The molecule has 0 aliphatic heterocycles. The number of ether oxygens (including phenoxy) is 2. The second-order valence-electron chi connectivity index (χ2n) is 7.27. The van der Waals surface area contributed by atoms with Crippen molar-refractivity contribution in [3.05, 3.63) is 41.0 Å². The van der Waals surface area contributed by atoms with E-state index in [1.54, 1.807) is 0 Å². The largest absolute Gasteiger partial charge is 0.471 e. The number of nitrogens with zero attached hydrogens (tertiary/aromatic N) is 2. The SMILES string of the molecule is COCC(=O)NCc1ccc(C(F)(F)F)c(Nc2nc3nc(OCC(F)F)c(C(C)=O)cc3[nH]2)c1. The molecule has 0 aliphatic rings. The van der Waals surface area contributed by atoms with Crippen molar-refractivity contribution < 1.29 is 41.0 Å². The van der Waals surface area contributed by atoms with Crippen molar-refractivity contribution in [3.8, 4) is 5.88 Å². The van der Waals surface area contributed by atoms with E-state index in [4.69, 9.17) is 4.74 Å². The number of methoxy groups -OCH3 is 1. The fraction of sp³-hybridized carbons (Fsp3) is 0.333. The van der Waals surface area contributed by atoms with Crippen LogP contribution in [0.25, 0.3) is 11.2 Å². The quantitative estimate of drug-likeness (QED) is 0.286. The molecule has 14 heteroatoms. The highest BCUT2D eigenvalue weighted by Crippen LogP contribution is 2.36. The summed E-state index contributed by atoms with van der Waals surface area (Å²) in [7, 11) is 1.33. The van der Waals surface area contributed by atoms with Gasteiger partial charge in [0.15, 0.2) is 18.0 Å². The van der Waals surface area contributed by atoms with E-state index in [1.807, 2.05) is 0 Å². The molecule has 0 saturated heterocycles. The zero-order valence-electron chi connectivity index (χ0n) is 18.4. The summed E-state index contributed by atoms with van der Waals surface area (Å²) in [5, 5.41) is 5.04. The molecule has 2 heterocycles. The van der Waals surface area contributed by atoms with Crippen LogP contribution < -0.4 is 15.4 Å². The number of H-pyrrole nitrogens is 1. The molecule has 0 unspecified atom stereocenters. The number of nitrogens with one attached hydrogen (secondary N) is 3. The first-order valence-corrected chi connectivity index (χ1v) is 10.0. The molecular formula is C21H20F5N5O4. The lowest BCUT2D eigenvalue weighted by atomic mass is 10.1. The molecule has 188 valence electrons. The van der Waals surface area contributed by atoms with Gasteiger partial charge in [0.05, 0.1) is 22.3 Å². The highest BCUT2D eigenvalue weighted by Gasteiger charge is 2.34. The Morgan fingerprint density at radius 1 is 1.17 bits per heavy atom. The molecule has 0 saturated carbocycles. The van der Waals surface area contributed by atoms with Crippen molar-refractivity contribution in [2.45, 2.75) is 26.1 Å². The molecule has 0 fully saturated rings. The minimum Gasteiger partial charge on any atom is -0.471 e. The maximum atomic E-state index is 13.6. The third kappa shape index (κ3) is 6.62. The van der Waals surface area contributed by atoms with Gasteiger partial charge in [0, 0.05) is 13.7 Å². The fourth-order valence-corrected chi connectivity index (χ4v) is 3.05. The Kier molecular flexibility index (Phi) is 7.84. The van der Waals surface area contributed by atoms with Gasteiger partial charge in [0.2, 0.25) is 17.7 Å². The van der Waals surface area contributed by atoms with E-state index in [-0.39, 0.29) is 47.4 Å². The van der Waals surface area contributed by atoms with Crippen LogP contribution in [0.1, 0.15) is 28.4 Å². The maximum absolute atomic E-state index is 13.6. The second kappa shape index (κ2) is 10.6. The molecule has 3 aromatic rings. The average Bonchev–Trinajstić information content (AvgIpc) is 3.16. The van der Waals surface area contributed by atoms with E-state index in [9.17, 15) is 31.5 Å². The van der Waals surface area contributed by atoms with Crippen LogP contribution in [0.4, 0.5) is 33.6 Å². The van der Waals surface area contributed by atoms with Crippen LogP contribution in [0, 0.1) is 0 Å². The average molecular weight is 501 g/mol. The van der Waals surface area contributed by atoms with E-state index in [2.05, 4.69) is 30.3 Å². The summed E-state index contributed by atoms with van der Waals surface area (Å²) >= 11 is 0. The van der Waals surface area contributed by atoms with Crippen molar-refractivity contribution in [2.75, 3.05) is 25.6 Å². The standard InChI is InChI=1S/C21H20F5N5O4/c1-10(32)12-6-15-18(30-19(12)35-8-16(22)23)31-20(29-15)28-14-5-11(7-27-17(33)9-34-2)3-4-13(14)21(24,25)26/h3-6,16H,7-9H2,1-2H3,(H,27,33)(H2,28,29,30,31). The minimum absolute atomic E-state index is 0.0521.